The van der Waals surface area contributed by atoms with E-state index in [1.807, 2.05) is 0 Å². The predicted octanol–water partition coefficient (Wildman–Crippen LogP) is 3.52. The average Bonchev–Trinajstić information content (AvgIpc) is 2.71. The van der Waals surface area contributed by atoms with E-state index in [0.717, 1.165) is 18.6 Å². The highest BCUT2D eigenvalue weighted by Crippen LogP contribution is 2.39. The Balaban J connectivity index is 2.21. The molecule has 0 spiro atoms. The van der Waals surface area contributed by atoms with Crippen molar-refractivity contribution in [2.45, 2.75) is 64.6 Å². The number of likely N-dealkylation sites (tertiary alicyclic amines) is 1. The Labute approximate surface area is 114 Å². The van der Waals surface area contributed by atoms with E-state index in [4.69, 9.17) is 9.52 Å². The number of furan rings is 1. The number of piperidine rings is 1. The van der Waals surface area contributed by atoms with Crippen LogP contribution < -0.4 is 0 Å². The summed E-state index contributed by atoms with van der Waals surface area (Å²) in [5.74, 6) is -0.272. The maximum absolute atomic E-state index is 10.9. The SMILES string of the molecule is CC1(C)CCCC(C)(C)N1Cc1ccc(C(=O)O)o1. The quantitative estimate of drug-likeness (QED) is 0.908. The monoisotopic (exact) mass is 265 g/mol. The molecule has 0 radical (unpaired) electrons. The van der Waals surface area contributed by atoms with E-state index >= 15 is 0 Å². The van der Waals surface area contributed by atoms with Crippen LogP contribution in [0.3, 0.4) is 0 Å². The van der Waals surface area contributed by atoms with E-state index < -0.39 is 5.97 Å². The van der Waals surface area contributed by atoms with Gasteiger partial charge in [-0.25, -0.2) is 4.79 Å². The molecule has 0 amide bonds. The molecule has 1 fully saturated rings. The molecule has 2 rings (SSSR count). The summed E-state index contributed by atoms with van der Waals surface area (Å²) in [6, 6.07) is 3.30. The number of carboxylic acids is 1. The van der Waals surface area contributed by atoms with Crippen LogP contribution >= 0.6 is 0 Å². The molecular formula is C15H23NO3. The average molecular weight is 265 g/mol. The number of aromatic carboxylic acids is 1. The second kappa shape index (κ2) is 4.67. The highest BCUT2D eigenvalue weighted by atomic mass is 16.4. The summed E-state index contributed by atoms with van der Waals surface area (Å²) < 4.78 is 5.39. The van der Waals surface area contributed by atoms with Gasteiger partial charge in [-0.1, -0.05) is 0 Å². The zero-order valence-corrected chi connectivity index (χ0v) is 12.2. The van der Waals surface area contributed by atoms with Crippen LogP contribution in [0.15, 0.2) is 16.5 Å². The van der Waals surface area contributed by atoms with Crippen molar-refractivity contribution in [1.29, 1.82) is 0 Å². The smallest absolute Gasteiger partial charge is 0.371 e. The Kier molecular flexibility index (Phi) is 3.47. The van der Waals surface area contributed by atoms with Crippen LogP contribution in [0.2, 0.25) is 0 Å². The van der Waals surface area contributed by atoms with Crippen molar-refractivity contribution in [3.63, 3.8) is 0 Å². The van der Waals surface area contributed by atoms with Crippen LogP contribution in [-0.2, 0) is 6.54 Å². The topological polar surface area (TPSA) is 53.7 Å². The van der Waals surface area contributed by atoms with Crippen LogP contribution in [0.4, 0.5) is 0 Å². The molecule has 1 aromatic heterocycles. The molecule has 1 saturated heterocycles. The lowest BCUT2D eigenvalue weighted by molar-refractivity contribution is -0.0385. The summed E-state index contributed by atoms with van der Waals surface area (Å²) in [5.41, 5.74) is 0.218. The van der Waals surface area contributed by atoms with Crippen LogP contribution in [0.5, 0.6) is 0 Å². The van der Waals surface area contributed by atoms with Gasteiger partial charge in [-0.2, -0.15) is 0 Å². The minimum Gasteiger partial charge on any atom is -0.475 e. The van der Waals surface area contributed by atoms with Crippen molar-refractivity contribution in [1.82, 2.24) is 4.90 Å². The zero-order chi connectivity index (χ0) is 14.3. The standard InChI is InChI=1S/C15H23NO3/c1-14(2)8-5-9-15(3,4)16(14)10-11-6-7-12(19-11)13(17)18/h6-7H,5,8-10H2,1-4H3,(H,17,18). The molecular weight excluding hydrogens is 242 g/mol. The van der Waals surface area contributed by atoms with Gasteiger partial charge in [-0.15, -0.1) is 0 Å². The molecule has 1 aromatic rings. The van der Waals surface area contributed by atoms with Crippen molar-refractivity contribution < 1.29 is 14.3 Å². The highest BCUT2D eigenvalue weighted by Gasteiger charge is 2.41. The Morgan fingerprint density at radius 1 is 1.26 bits per heavy atom. The summed E-state index contributed by atoms with van der Waals surface area (Å²) in [5, 5.41) is 8.90. The molecule has 106 valence electrons. The van der Waals surface area contributed by atoms with E-state index in [1.54, 1.807) is 6.07 Å². The first-order valence-corrected chi connectivity index (χ1v) is 6.82. The fourth-order valence-electron chi connectivity index (χ4n) is 3.20. The Morgan fingerprint density at radius 2 is 1.84 bits per heavy atom. The molecule has 0 aromatic carbocycles. The van der Waals surface area contributed by atoms with Gasteiger partial charge in [-0.05, 0) is 59.1 Å². The summed E-state index contributed by atoms with van der Waals surface area (Å²) >= 11 is 0. The van der Waals surface area contributed by atoms with E-state index in [9.17, 15) is 4.79 Å². The van der Waals surface area contributed by atoms with Crippen LogP contribution in [0.25, 0.3) is 0 Å². The van der Waals surface area contributed by atoms with E-state index in [1.165, 1.54) is 12.5 Å². The Morgan fingerprint density at radius 3 is 2.32 bits per heavy atom. The molecule has 0 atom stereocenters. The van der Waals surface area contributed by atoms with Gasteiger partial charge in [0.15, 0.2) is 0 Å². The maximum Gasteiger partial charge on any atom is 0.371 e. The van der Waals surface area contributed by atoms with Gasteiger partial charge < -0.3 is 9.52 Å². The predicted molar refractivity (Wildman–Crippen MR) is 73.2 cm³/mol. The van der Waals surface area contributed by atoms with Gasteiger partial charge in [0.1, 0.15) is 5.76 Å². The van der Waals surface area contributed by atoms with E-state index in [0.29, 0.717) is 6.54 Å². The van der Waals surface area contributed by atoms with Crippen molar-refractivity contribution in [2.75, 3.05) is 0 Å². The van der Waals surface area contributed by atoms with Gasteiger partial charge >= 0.3 is 5.97 Å². The van der Waals surface area contributed by atoms with Gasteiger partial charge in [-0.3, -0.25) is 4.90 Å². The van der Waals surface area contributed by atoms with Gasteiger partial charge in [0.05, 0.1) is 6.54 Å². The highest BCUT2D eigenvalue weighted by molar-refractivity contribution is 5.84. The Hall–Kier alpha value is -1.29. The first-order valence-electron chi connectivity index (χ1n) is 6.82. The number of carbonyl (C=O) groups is 1. The van der Waals surface area contributed by atoms with E-state index in [2.05, 4.69) is 32.6 Å². The zero-order valence-electron chi connectivity index (χ0n) is 12.2. The molecule has 19 heavy (non-hydrogen) atoms. The largest absolute Gasteiger partial charge is 0.475 e. The van der Waals surface area contributed by atoms with Gasteiger partial charge in [0, 0.05) is 11.1 Å². The van der Waals surface area contributed by atoms with Crippen molar-refractivity contribution in [2.24, 2.45) is 0 Å². The molecule has 0 unspecified atom stereocenters. The molecule has 1 aliphatic rings. The minimum absolute atomic E-state index is 0.0163. The molecule has 4 heteroatoms. The molecule has 1 aliphatic heterocycles. The molecule has 2 heterocycles. The maximum atomic E-state index is 10.9. The number of hydrogen-bond donors (Lipinski definition) is 1. The third-order valence-electron chi connectivity index (χ3n) is 4.22. The molecule has 4 nitrogen and oxygen atoms in total. The lowest BCUT2D eigenvalue weighted by atomic mass is 9.80. The third kappa shape index (κ3) is 2.84. The van der Waals surface area contributed by atoms with Crippen LogP contribution in [0.1, 0.15) is 63.3 Å². The third-order valence-corrected chi connectivity index (χ3v) is 4.22. The normalized spacial score (nSPS) is 22.3. The molecule has 0 aliphatic carbocycles. The lowest BCUT2D eigenvalue weighted by Gasteiger charge is -2.52. The fraction of sp³-hybridized carbons (Fsp3) is 0.667. The van der Waals surface area contributed by atoms with E-state index in [-0.39, 0.29) is 16.8 Å². The first kappa shape index (κ1) is 14.1. The van der Waals surface area contributed by atoms with Gasteiger partial charge in [0.25, 0.3) is 0 Å². The number of nitrogens with zero attached hydrogens (tertiary/aromatic N) is 1. The number of rotatable bonds is 3. The summed E-state index contributed by atoms with van der Waals surface area (Å²) in [4.78, 5) is 13.3. The van der Waals surface area contributed by atoms with Crippen LogP contribution in [0, 0.1) is 0 Å². The summed E-state index contributed by atoms with van der Waals surface area (Å²) in [6.45, 7) is 9.64. The number of hydrogen-bond acceptors (Lipinski definition) is 3. The summed E-state index contributed by atoms with van der Waals surface area (Å²) in [6.07, 6.45) is 3.54. The van der Waals surface area contributed by atoms with Crippen molar-refractivity contribution >= 4 is 5.97 Å². The van der Waals surface area contributed by atoms with Crippen molar-refractivity contribution in [3.05, 3.63) is 23.7 Å². The lowest BCUT2D eigenvalue weighted by Crippen LogP contribution is -2.57. The second-order valence-corrected chi connectivity index (χ2v) is 6.64. The van der Waals surface area contributed by atoms with Crippen molar-refractivity contribution in [3.8, 4) is 0 Å². The fourth-order valence-corrected chi connectivity index (χ4v) is 3.20. The molecule has 1 N–H and O–H groups in total. The van der Waals surface area contributed by atoms with Crippen LogP contribution in [-0.4, -0.2) is 27.1 Å². The second-order valence-electron chi connectivity index (χ2n) is 6.64. The molecule has 0 bridgehead atoms. The summed E-state index contributed by atoms with van der Waals surface area (Å²) in [7, 11) is 0. The van der Waals surface area contributed by atoms with Gasteiger partial charge in [0.2, 0.25) is 5.76 Å². The number of carboxylic acid groups (broad SMARTS) is 1. The first-order chi connectivity index (χ1) is 8.72. The molecule has 0 saturated carbocycles. The minimum atomic E-state index is -1.01. The Bertz CT molecular complexity index is 457.